The van der Waals surface area contributed by atoms with E-state index in [2.05, 4.69) is 0 Å². The largest absolute Gasteiger partial charge is 0.504 e. The van der Waals surface area contributed by atoms with Gasteiger partial charge in [0, 0.05) is 6.92 Å². The van der Waals surface area contributed by atoms with E-state index in [1.165, 1.54) is 13.0 Å². The maximum Gasteiger partial charge on any atom is 0.383 e. The van der Waals surface area contributed by atoms with Crippen molar-refractivity contribution in [2.75, 3.05) is 6.61 Å². The molecule has 2 rings (SSSR count). The molecule has 0 radical (unpaired) electrons. The number of allylic oxidation sites excluding steroid dienone is 1. The molecule has 0 unspecified atom stereocenters. The van der Waals surface area contributed by atoms with Crippen LogP contribution in [0.5, 0.6) is 17.2 Å². The molecule has 1 aromatic carbocycles. The number of rotatable bonds is 6. The summed E-state index contributed by atoms with van der Waals surface area (Å²) in [6, 6.07) is 4.59. The third-order valence-electron chi connectivity index (χ3n) is 3.00. The van der Waals surface area contributed by atoms with Crippen LogP contribution < -0.4 is 15.1 Å². The predicted molar refractivity (Wildman–Crippen MR) is 85.0 cm³/mol. The molecule has 0 amide bonds. The number of esters is 1. The van der Waals surface area contributed by atoms with Gasteiger partial charge in [0.25, 0.3) is 5.75 Å². The molecule has 0 fully saturated rings. The SMILES string of the molecule is CC/C=C/CCOc1c(OC(C)=O)c(=O)oc2c(O)cccc12. The number of ether oxygens (including phenoxy) is 2. The zero-order chi connectivity index (χ0) is 16.8. The third-order valence-corrected chi connectivity index (χ3v) is 3.00. The Bertz CT molecular complexity index is 788. The highest BCUT2D eigenvalue weighted by Gasteiger charge is 2.20. The van der Waals surface area contributed by atoms with E-state index in [-0.39, 0.29) is 22.8 Å². The van der Waals surface area contributed by atoms with E-state index < -0.39 is 11.6 Å². The molecule has 0 bridgehead atoms. The third kappa shape index (κ3) is 3.91. The summed E-state index contributed by atoms with van der Waals surface area (Å²) >= 11 is 0. The molecule has 0 aliphatic heterocycles. The molecular weight excluding hydrogens is 300 g/mol. The summed E-state index contributed by atoms with van der Waals surface area (Å²) in [7, 11) is 0. The lowest BCUT2D eigenvalue weighted by atomic mass is 10.2. The maximum atomic E-state index is 12.0. The van der Waals surface area contributed by atoms with E-state index >= 15 is 0 Å². The fourth-order valence-corrected chi connectivity index (χ4v) is 2.05. The molecule has 122 valence electrons. The lowest BCUT2D eigenvalue weighted by Gasteiger charge is -2.12. The Hall–Kier alpha value is -2.76. The van der Waals surface area contributed by atoms with Crippen molar-refractivity contribution >= 4 is 16.9 Å². The number of fused-ring (bicyclic) bond motifs is 1. The van der Waals surface area contributed by atoms with Gasteiger partial charge in [0.15, 0.2) is 17.1 Å². The molecule has 0 saturated heterocycles. The van der Waals surface area contributed by atoms with Crippen LogP contribution in [0.1, 0.15) is 26.7 Å². The van der Waals surface area contributed by atoms with Crippen LogP contribution in [-0.4, -0.2) is 17.7 Å². The molecule has 6 heteroatoms. The van der Waals surface area contributed by atoms with E-state index in [0.29, 0.717) is 18.4 Å². The monoisotopic (exact) mass is 318 g/mol. The molecule has 0 spiro atoms. The highest BCUT2D eigenvalue weighted by molar-refractivity contribution is 5.90. The van der Waals surface area contributed by atoms with Crippen LogP contribution in [0.15, 0.2) is 39.6 Å². The maximum absolute atomic E-state index is 12.0. The number of phenolic OH excluding ortho intramolecular Hbond substituents is 1. The van der Waals surface area contributed by atoms with Gasteiger partial charge in [-0.2, -0.15) is 0 Å². The number of carbonyl (C=O) groups is 1. The van der Waals surface area contributed by atoms with Crippen molar-refractivity contribution in [2.45, 2.75) is 26.7 Å². The van der Waals surface area contributed by atoms with Crippen LogP contribution in [0.2, 0.25) is 0 Å². The first-order chi connectivity index (χ1) is 11.0. The number of phenols is 1. The van der Waals surface area contributed by atoms with Crippen molar-refractivity contribution < 1.29 is 23.8 Å². The van der Waals surface area contributed by atoms with Gasteiger partial charge in [-0.05, 0) is 25.0 Å². The van der Waals surface area contributed by atoms with Crippen molar-refractivity contribution in [1.29, 1.82) is 0 Å². The molecule has 1 N–H and O–H groups in total. The molecule has 0 saturated carbocycles. The number of hydrogen-bond donors (Lipinski definition) is 1. The van der Waals surface area contributed by atoms with Crippen molar-refractivity contribution in [3.8, 4) is 17.2 Å². The minimum absolute atomic E-state index is 0.00694. The number of para-hydroxylation sites is 1. The van der Waals surface area contributed by atoms with E-state index in [1.807, 2.05) is 19.1 Å². The van der Waals surface area contributed by atoms with Crippen LogP contribution in [0.25, 0.3) is 11.0 Å². The first-order valence-corrected chi connectivity index (χ1v) is 7.29. The smallest absolute Gasteiger partial charge is 0.383 e. The Balaban J connectivity index is 2.47. The summed E-state index contributed by atoms with van der Waals surface area (Å²) in [5, 5.41) is 10.2. The first kappa shape index (κ1) is 16.6. The van der Waals surface area contributed by atoms with Crippen molar-refractivity contribution in [3.05, 3.63) is 40.8 Å². The van der Waals surface area contributed by atoms with Crippen LogP contribution in [0.4, 0.5) is 0 Å². The minimum atomic E-state index is -0.881. The van der Waals surface area contributed by atoms with Gasteiger partial charge >= 0.3 is 11.6 Å². The summed E-state index contributed by atoms with van der Waals surface area (Å²) in [5.74, 6) is -1.07. The Kier molecular flexibility index (Phi) is 5.41. The van der Waals surface area contributed by atoms with Crippen molar-refractivity contribution in [3.63, 3.8) is 0 Å². The number of hydrogen-bond acceptors (Lipinski definition) is 6. The van der Waals surface area contributed by atoms with Gasteiger partial charge in [0.05, 0.1) is 12.0 Å². The predicted octanol–water partition coefficient (Wildman–Crippen LogP) is 3.16. The highest BCUT2D eigenvalue weighted by atomic mass is 16.6. The van der Waals surface area contributed by atoms with Crippen LogP contribution in [0.3, 0.4) is 0 Å². The average molecular weight is 318 g/mol. The van der Waals surface area contributed by atoms with Crippen LogP contribution >= 0.6 is 0 Å². The lowest BCUT2D eigenvalue weighted by Crippen LogP contribution is -2.13. The van der Waals surface area contributed by atoms with Crippen molar-refractivity contribution in [2.24, 2.45) is 0 Å². The summed E-state index contributed by atoms with van der Waals surface area (Å²) in [6.45, 7) is 3.49. The Labute approximate surface area is 132 Å². The summed E-state index contributed by atoms with van der Waals surface area (Å²) in [6.07, 6.45) is 5.51. The molecule has 6 nitrogen and oxygen atoms in total. The minimum Gasteiger partial charge on any atom is -0.504 e. The van der Waals surface area contributed by atoms with Gasteiger partial charge in [-0.15, -0.1) is 0 Å². The lowest BCUT2D eigenvalue weighted by molar-refractivity contribution is -0.132. The van der Waals surface area contributed by atoms with Gasteiger partial charge in [-0.3, -0.25) is 4.79 Å². The normalized spacial score (nSPS) is 11.0. The molecule has 1 heterocycles. The average Bonchev–Trinajstić information content (AvgIpc) is 2.50. The summed E-state index contributed by atoms with van der Waals surface area (Å²) in [4.78, 5) is 23.2. The van der Waals surface area contributed by atoms with Gasteiger partial charge in [0.2, 0.25) is 0 Å². The fraction of sp³-hybridized carbons (Fsp3) is 0.294. The zero-order valence-corrected chi connectivity index (χ0v) is 13.0. The van der Waals surface area contributed by atoms with E-state index in [1.54, 1.807) is 12.1 Å². The van der Waals surface area contributed by atoms with Crippen LogP contribution in [-0.2, 0) is 4.79 Å². The Morgan fingerprint density at radius 2 is 2.09 bits per heavy atom. The Morgan fingerprint density at radius 3 is 2.78 bits per heavy atom. The highest BCUT2D eigenvalue weighted by Crippen LogP contribution is 2.36. The second-order valence-corrected chi connectivity index (χ2v) is 4.81. The van der Waals surface area contributed by atoms with Crippen LogP contribution in [0, 0.1) is 0 Å². The summed E-state index contributed by atoms with van der Waals surface area (Å²) in [5.41, 5.74) is -0.888. The quantitative estimate of drug-likeness (QED) is 0.381. The number of benzene rings is 1. The molecule has 0 atom stereocenters. The van der Waals surface area contributed by atoms with Gasteiger partial charge in [0.1, 0.15) is 0 Å². The first-order valence-electron chi connectivity index (χ1n) is 7.29. The zero-order valence-electron chi connectivity index (χ0n) is 13.0. The van der Waals surface area contributed by atoms with Gasteiger partial charge < -0.3 is 19.0 Å². The summed E-state index contributed by atoms with van der Waals surface area (Å²) < 4.78 is 15.6. The second-order valence-electron chi connectivity index (χ2n) is 4.81. The molecule has 0 aliphatic rings. The molecule has 2 aromatic rings. The van der Waals surface area contributed by atoms with Gasteiger partial charge in [-0.1, -0.05) is 25.1 Å². The van der Waals surface area contributed by atoms with Gasteiger partial charge in [-0.25, -0.2) is 4.79 Å². The molecule has 0 aliphatic carbocycles. The van der Waals surface area contributed by atoms with E-state index in [0.717, 1.165) is 6.42 Å². The molecule has 1 aromatic heterocycles. The number of aromatic hydroxyl groups is 1. The van der Waals surface area contributed by atoms with Crippen molar-refractivity contribution in [1.82, 2.24) is 0 Å². The second kappa shape index (κ2) is 7.49. The van der Waals surface area contributed by atoms with E-state index in [4.69, 9.17) is 13.9 Å². The standard InChI is InChI=1S/C17H18O6/c1-3-4-5-6-10-21-15-12-8-7-9-13(19)14(12)23-17(20)16(15)22-11(2)18/h4-5,7-9,19H,3,6,10H2,1-2H3/b5-4+. The fourth-order valence-electron chi connectivity index (χ4n) is 2.05. The Morgan fingerprint density at radius 1 is 1.30 bits per heavy atom. The topological polar surface area (TPSA) is 86.0 Å². The molecule has 23 heavy (non-hydrogen) atoms. The van der Waals surface area contributed by atoms with E-state index in [9.17, 15) is 14.7 Å². The molecular formula is C17H18O6. The number of carbonyl (C=O) groups excluding carboxylic acids is 1.